The molecular formula is C14H16INS. The van der Waals surface area contributed by atoms with Crippen LogP contribution in [0.4, 0.5) is 0 Å². The number of hydrogen-bond donors (Lipinski definition) is 1. The lowest BCUT2D eigenvalue weighted by Crippen LogP contribution is -2.17. The van der Waals surface area contributed by atoms with E-state index in [0.717, 1.165) is 6.42 Å². The number of aryl methyl sites for hydroxylation is 1. The van der Waals surface area contributed by atoms with Gasteiger partial charge in [0.15, 0.2) is 0 Å². The predicted octanol–water partition coefficient (Wildman–Crippen LogP) is 4.22. The summed E-state index contributed by atoms with van der Waals surface area (Å²) in [6, 6.07) is 13.4. The molecule has 0 amide bonds. The molecule has 0 aliphatic carbocycles. The van der Waals surface area contributed by atoms with Crippen molar-refractivity contribution in [2.75, 3.05) is 7.05 Å². The summed E-state index contributed by atoms with van der Waals surface area (Å²) in [4.78, 5) is 2.85. The second-order valence-electron chi connectivity index (χ2n) is 3.90. The number of thiophene rings is 1. The number of rotatable bonds is 4. The lowest BCUT2D eigenvalue weighted by Gasteiger charge is -2.16. The highest BCUT2D eigenvalue weighted by molar-refractivity contribution is 14.1. The van der Waals surface area contributed by atoms with Crippen molar-refractivity contribution in [2.24, 2.45) is 0 Å². The van der Waals surface area contributed by atoms with Crippen LogP contribution in [0.3, 0.4) is 0 Å². The van der Waals surface area contributed by atoms with E-state index in [4.69, 9.17) is 0 Å². The Hall–Kier alpha value is -0.390. The molecule has 2 rings (SSSR count). The van der Waals surface area contributed by atoms with Gasteiger partial charge in [-0.05, 0) is 59.8 Å². The van der Waals surface area contributed by atoms with Gasteiger partial charge in [0, 0.05) is 13.3 Å². The molecule has 1 N–H and O–H groups in total. The van der Waals surface area contributed by atoms with Crippen molar-refractivity contribution >= 4 is 33.9 Å². The van der Waals surface area contributed by atoms with Gasteiger partial charge in [0.1, 0.15) is 0 Å². The van der Waals surface area contributed by atoms with Crippen LogP contribution in [0.15, 0.2) is 36.4 Å². The molecule has 0 bridgehead atoms. The van der Waals surface area contributed by atoms with Gasteiger partial charge in [-0.2, -0.15) is 0 Å². The van der Waals surface area contributed by atoms with E-state index in [1.807, 2.05) is 18.4 Å². The molecule has 1 unspecified atom stereocenters. The molecule has 1 nitrogen and oxygen atoms in total. The summed E-state index contributed by atoms with van der Waals surface area (Å²) in [5, 5.41) is 3.42. The Morgan fingerprint density at radius 1 is 1.24 bits per heavy atom. The molecule has 0 spiro atoms. The fraction of sp³-hybridized carbons (Fsp3) is 0.286. The minimum Gasteiger partial charge on any atom is -0.309 e. The van der Waals surface area contributed by atoms with Gasteiger partial charge in [-0.15, -0.1) is 11.3 Å². The first-order chi connectivity index (χ1) is 8.26. The quantitative estimate of drug-likeness (QED) is 0.808. The van der Waals surface area contributed by atoms with Crippen LogP contribution in [0.1, 0.15) is 28.3 Å². The van der Waals surface area contributed by atoms with Crippen molar-refractivity contribution in [1.29, 1.82) is 0 Å². The highest BCUT2D eigenvalue weighted by atomic mass is 127. The van der Waals surface area contributed by atoms with E-state index in [9.17, 15) is 0 Å². The molecule has 1 heterocycles. The Labute approximate surface area is 120 Å². The second-order valence-corrected chi connectivity index (χ2v) is 6.26. The summed E-state index contributed by atoms with van der Waals surface area (Å²) in [7, 11) is 2.03. The molecule has 3 heteroatoms. The highest BCUT2D eigenvalue weighted by Gasteiger charge is 2.16. The SMILES string of the molecule is CCc1ccc(C(NC)c2ccccc2I)s1. The Bertz CT molecular complexity index is 492. The van der Waals surface area contributed by atoms with E-state index in [2.05, 4.69) is 71.2 Å². The van der Waals surface area contributed by atoms with Crippen LogP contribution in [-0.2, 0) is 6.42 Å². The van der Waals surface area contributed by atoms with E-state index >= 15 is 0 Å². The molecule has 1 aromatic heterocycles. The average molecular weight is 357 g/mol. The topological polar surface area (TPSA) is 12.0 Å². The van der Waals surface area contributed by atoms with Crippen molar-refractivity contribution in [3.8, 4) is 0 Å². The minimum absolute atomic E-state index is 0.313. The van der Waals surface area contributed by atoms with Gasteiger partial charge in [-0.3, -0.25) is 0 Å². The molecule has 2 aromatic rings. The summed E-state index contributed by atoms with van der Waals surface area (Å²) in [6.45, 7) is 2.20. The molecule has 17 heavy (non-hydrogen) atoms. The molecule has 0 fully saturated rings. The third kappa shape index (κ3) is 2.89. The van der Waals surface area contributed by atoms with E-state index < -0.39 is 0 Å². The van der Waals surface area contributed by atoms with Crippen molar-refractivity contribution in [3.63, 3.8) is 0 Å². The van der Waals surface area contributed by atoms with Crippen LogP contribution in [-0.4, -0.2) is 7.05 Å². The Kier molecular flexibility index (Phi) is 4.59. The van der Waals surface area contributed by atoms with E-state index in [1.54, 1.807) is 0 Å². The Balaban J connectivity index is 2.36. The van der Waals surface area contributed by atoms with Gasteiger partial charge in [0.2, 0.25) is 0 Å². The van der Waals surface area contributed by atoms with Crippen molar-refractivity contribution in [3.05, 3.63) is 55.3 Å². The first-order valence-electron chi connectivity index (χ1n) is 5.76. The lowest BCUT2D eigenvalue weighted by atomic mass is 10.1. The third-order valence-corrected chi connectivity index (χ3v) is 5.10. The summed E-state index contributed by atoms with van der Waals surface area (Å²) in [5.41, 5.74) is 1.36. The first kappa shape index (κ1) is 13.1. The van der Waals surface area contributed by atoms with Gasteiger partial charge in [-0.25, -0.2) is 0 Å². The standard InChI is InChI=1S/C14H16INS/c1-3-10-8-9-13(17-10)14(16-2)11-6-4-5-7-12(11)15/h4-9,14,16H,3H2,1-2H3. The predicted molar refractivity (Wildman–Crippen MR) is 83.8 cm³/mol. The fourth-order valence-corrected chi connectivity index (χ4v) is 3.68. The first-order valence-corrected chi connectivity index (χ1v) is 7.66. The van der Waals surface area contributed by atoms with Gasteiger partial charge in [0.05, 0.1) is 6.04 Å². The van der Waals surface area contributed by atoms with E-state index in [0.29, 0.717) is 6.04 Å². The zero-order chi connectivity index (χ0) is 12.3. The van der Waals surface area contributed by atoms with Crippen LogP contribution in [0.5, 0.6) is 0 Å². The zero-order valence-corrected chi connectivity index (χ0v) is 13.0. The van der Waals surface area contributed by atoms with Crippen LogP contribution in [0.2, 0.25) is 0 Å². The lowest BCUT2D eigenvalue weighted by molar-refractivity contribution is 0.700. The smallest absolute Gasteiger partial charge is 0.0679 e. The normalized spacial score (nSPS) is 12.6. The number of hydrogen-bond acceptors (Lipinski definition) is 2. The van der Waals surface area contributed by atoms with Gasteiger partial charge in [0.25, 0.3) is 0 Å². The molecule has 0 radical (unpaired) electrons. The van der Waals surface area contributed by atoms with Gasteiger partial charge < -0.3 is 5.32 Å². The summed E-state index contributed by atoms with van der Waals surface area (Å²) >= 11 is 4.31. The van der Waals surface area contributed by atoms with Gasteiger partial charge in [-0.1, -0.05) is 25.1 Å². The van der Waals surface area contributed by atoms with Crippen LogP contribution in [0, 0.1) is 3.57 Å². The summed E-state index contributed by atoms with van der Waals surface area (Å²) in [6.07, 6.45) is 1.12. The monoisotopic (exact) mass is 357 g/mol. The fourth-order valence-electron chi connectivity index (χ4n) is 1.90. The summed E-state index contributed by atoms with van der Waals surface area (Å²) < 4.78 is 1.32. The highest BCUT2D eigenvalue weighted by Crippen LogP contribution is 2.30. The van der Waals surface area contributed by atoms with Gasteiger partial charge >= 0.3 is 0 Å². The minimum atomic E-state index is 0.313. The third-order valence-electron chi connectivity index (χ3n) is 2.82. The Morgan fingerprint density at radius 2 is 2.00 bits per heavy atom. The van der Waals surface area contributed by atoms with Crippen molar-refractivity contribution in [2.45, 2.75) is 19.4 Å². The average Bonchev–Trinajstić information content (AvgIpc) is 2.81. The molecule has 1 aromatic carbocycles. The molecule has 90 valence electrons. The molecule has 0 aliphatic heterocycles. The largest absolute Gasteiger partial charge is 0.309 e. The maximum absolute atomic E-state index is 3.42. The van der Waals surface area contributed by atoms with E-state index in [1.165, 1.54) is 18.9 Å². The molecule has 1 atom stereocenters. The van der Waals surface area contributed by atoms with Crippen LogP contribution < -0.4 is 5.32 Å². The maximum Gasteiger partial charge on any atom is 0.0679 e. The molecule has 0 aliphatic rings. The number of benzene rings is 1. The second kappa shape index (κ2) is 5.98. The zero-order valence-electron chi connectivity index (χ0n) is 10.0. The summed E-state index contributed by atoms with van der Waals surface area (Å²) in [5.74, 6) is 0. The molecule has 0 saturated carbocycles. The van der Waals surface area contributed by atoms with Crippen molar-refractivity contribution < 1.29 is 0 Å². The molecule has 0 saturated heterocycles. The number of nitrogens with one attached hydrogen (secondary N) is 1. The van der Waals surface area contributed by atoms with E-state index in [-0.39, 0.29) is 0 Å². The van der Waals surface area contributed by atoms with Crippen LogP contribution in [0.25, 0.3) is 0 Å². The number of halogens is 1. The maximum atomic E-state index is 3.42. The Morgan fingerprint density at radius 3 is 2.59 bits per heavy atom. The van der Waals surface area contributed by atoms with Crippen LogP contribution >= 0.6 is 33.9 Å². The molecular weight excluding hydrogens is 341 g/mol. The van der Waals surface area contributed by atoms with Crippen molar-refractivity contribution in [1.82, 2.24) is 5.32 Å².